The third kappa shape index (κ3) is 2.59. The Balaban J connectivity index is 2.10. The molecule has 0 N–H and O–H groups in total. The van der Waals surface area contributed by atoms with E-state index in [4.69, 9.17) is 0 Å². The van der Waals surface area contributed by atoms with Gasteiger partial charge in [-0.2, -0.15) is 5.10 Å². The fraction of sp³-hybridized carbons (Fsp3) is 0.250. The minimum Gasteiger partial charge on any atom is -0.312 e. The maximum atomic E-state index is 13.0. The van der Waals surface area contributed by atoms with Crippen LogP contribution in [-0.2, 0) is 6.54 Å². The summed E-state index contributed by atoms with van der Waals surface area (Å²) in [7, 11) is 0. The fourth-order valence-electron chi connectivity index (χ4n) is 2.33. The zero-order chi connectivity index (χ0) is 15.0. The molecule has 108 valence electrons. The Bertz CT molecular complexity index is 831. The molecular weight excluding hydrogens is 269 g/mol. The van der Waals surface area contributed by atoms with Crippen LogP contribution in [0.3, 0.4) is 0 Å². The Hall–Kier alpha value is -2.43. The van der Waals surface area contributed by atoms with Crippen molar-refractivity contribution in [2.24, 2.45) is 5.92 Å². The van der Waals surface area contributed by atoms with E-state index in [0.29, 0.717) is 23.7 Å². The predicted molar refractivity (Wildman–Crippen MR) is 79.7 cm³/mol. The minimum absolute atomic E-state index is 0.0629. The molecule has 0 unspecified atom stereocenters. The molecule has 0 radical (unpaired) electrons. The van der Waals surface area contributed by atoms with Crippen molar-refractivity contribution in [2.75, 3.05) is 0 Å². The van der Waals surface area contributed by atoms with Crippen LogP contribution in [0.4, 0.5) is 4.39 Å². The van der Waals surface area contributed by atoms with Gasteiger partial charge in [-0.05, 0) is 36.2 Å². The van der Waals surface area contributed by atoms with Crippen molar-refractivity contribution < 1.29 is 4.39 Å². The first kappa shape index (κ1) is 13.5. The first-order valence-electron chi connectivity index (χ1n) is 6.89. The van der Waals surface area contributed by atoms with Crippen molar-refractivity contribution in [3.05, 3.63) is 58.9 Å². The lowest BCUT2D eigenvalue weighted by Gasteiger charge is -2.07. The summed E-state index contributed by atoms with van der Waals surface area (Å²) in [4.78, 5) is 12.4. The Kier molecular flexibility index (Phi) is 3.33. The van der Waals surface area contributed by atoms with E-state index in [1.807, 2.05) is 0 Å². The van der Waals surface area contributed by atoms with Gasteiger partial charge in [0, 0.05) is 24.5 Å². The van der Waals surface area contributed by atoms with E-state index < -0.39 is 0 Å². The van der Waals surface area contributed by atoms with Crippen LogP contribution >= 0.6 is 0 Å². The second-order valence-corrected chi connectivity index (χ2v) is 5.52. The van der Waals surface area contributed by atoms with Gasteiger partial charge in [0.2, 0.25) is 0 Å². The van der Waals surface area contributed by atoms with Gasteiger partial charge in [0.25, 0.3) is 5.56 Å². The first-order chi connectivity index (χ1) is 10.0. The molecule has 5 heteroatoms. The number of fused-ring (bicyclic) bond motifs is 1. The molecule has 3 aromatic rings. The van der Waals surface area contributed by atoms with Gasteiger partial charge in [0.1, 0.15) is 11.3 Å². The molecule has 0 saturated carbocycles. The van der Waals surface area contributed by atoms with Gasteiger partial charge in [-0.1, -0.05) is 13.8 Å². The van der Waals surface area contributed by atoms with E-state index in [1.54, 1.807) is 39.7 Å². The SMILES string of the molecule is CC(C)Cn1ccn2nc(-c3ccc(F)cc3)cc2c1=O. The summed E-state index contributed by atoms with van der Waals surface area (Å²) >= 11 is 0. The van der Waals surface area contributed by atoms with Crippen LogP contribution in [0.15, 0.2) is 47.5 Å². The molecule has 21 heavy (non-hydrogen) atoms. The largest absolute Gasteiger partial charge is 0.312 e. The summed E-state index contributed by atoms with van der Waals surface area (Å²) in [5.41, 5.74) is 1.91. The van der Waals surface area contributed by atoms with Crippen LogP contribution in [0, 0.1) is 11.7 Å². The van der Waals surface area contributed by atoms with Gasteiger partial charge >= 0.3 is 0 Å². The molecule has 0 aliphatic rings. The maximum absolute atomic E-state index is 13.0. The lowest BCUT2D eigenvalue weighted by molar-refractivity contribution is 0.510. The average molecular weight is 285 g/mol. The highest BCUT2D eigenvalue weighted by Gasteiger charge is 2.09. The van der Waals surface area contributed by atoms with Gasteiger partial charge in [-0.3, -0.25) is 4.79 Å². The quantitative estimate of drug-likeness (QED) is 0.742. The molecule has 4 nitrogen and oxygen atoms in total. The standard InChI is InChI=1S/C16H16FN3O/c1-11(2)10-19-7-8-20-15(16(19)21)9-14(18-20)12-3-5-13(17)6-4-12/h3-9,11H,10H2,1-2H3. The van der Waals surface area contributed by atoms with Crippen molar-refractivity contribution in [1.29, 1.82) is 0 Å². The summed E-state index contributed by atoms with van der Waals surface area (Å²) < 4.78 is 16.2. The van der Waals surface area contributed by atoms with Crippen LogP contribution in [0.1, 0.15) is 13.8 Å². The van der Waals surface area contributed by atoms with Crippen LogP contribution in [0.2, 0.25) is 0 Å². The van der Waals surface area contributed by atoms with Gasteiger partial charge in [-0.15, -0.1) is 0 Å². The van der Waals surface area contributed by atoms with Gasteiger partial charge in [0.05, 0.1) is 5.69 Å². The number of rotatable bonds is 3. The predicted octanol–water partition coefficient (Wildman–Crippen LogP) is 2.96. The molecule has 2 heterocycles. The van der Waals surface area contributed by atoms with Crippen LogP contribution < -0.4 is 5.56 Å². The second-order valence-electron chi connectivity index (χ2n) is 5.52. The normalized spacial score (nSPS) is 11.4. The van der Waals surface area contributed by atoms with Crippen LogP contribution in [-0.4, -0.2) is 14.2 Å². The van der Waals surface area contributed by atoms with Gasteiger partial charge < -0.3 is 4.57 Å². The topological polar surface area (TPSA) is 39.3 Å². The Morgan fingerprint density at radius 3 is 2.57 bits per heavy atom. The third-order valence-corrected chi connectivity index (χ3v) is 3.31. The molecule has 0 aliphatic carbocycles. The number of aromatic nitrogens is 3. The summed E-state index contributed by atoms with van der Waals surface area (Å²) in [6, 6.07) is 7.83. The highest BCUT2D eigenvalue weighted by atomic mass is 19.1. The molecule has 3 rings (SSSR count). The Labute approximate surface area is 121 Å². The lowest BCUT2D eigenvalue weighted by Crippen LogP contribution is -2.23. The number of nitrogens with zero attached hydrogens (tertiary/aromatic N) is 3. The minimum atomic E-state index is -0.290. The van der Waals surface area contributed by atoms with E-state index in [0.717, 1.165) is 5.56 Å². The monoisotopic (exact) mass is 285 g/mol. The molecule has 0 bridgehead atoms. The Morgan fingerprint density at radius 2 is 1.90 bits per heavy atom. The van der Waals surface area contributed by atoms with E-state index in [2.05, 4.69) is 18.9 Å². The molecular formula is C16H16FN3O. The molecule has 0 fully saturated rings. The van der Waals surface area contributed by atoms with Crippen molar-refractivity contribution in [1.82, 2.24) is 14.2 Å². The molecule has 2 aromatic heterocycles. The molecule has 0 atom stereocenters. The number of halogens is 1. The zero-order valence-electron chi connectivity index (χ0n) is 12.0. The number of hydrogen-bond donors (Lipinski definition) is 0. The number of hydrogen-bond acceptors (Lipinski definition) is 2. The summed E-state index contributed by atoms with van der Waals surface area (Å²) in [6.07, 6.45) is 3.52. The molecule has 0 saturated heterocycles. The van der Waals surface area contributed by atoms with Crippen molar-refractivity contribution in [2.45, 2.75) is 20.4 Å². The van der Waals surface area contributed by atoms with Gasteiger partial charge in [-0.25, -0.2) is 8.91 Å². The summed E-state index contributed by atoms with van der Waals surface area (Å²) in [5, 5.41) is 4.37. The van der Waals surface area contributed by atoms with Gasteiger partial charge in [0.15, 0.2) is 0 Å². The first-order valence-corrected chi connectivity index (χ1v) is 6.89. The van der Waals surface area contributed by atoms with Crippen LogP contribution in [0.25, 0.3) is 16.8 Å². The summed E-state index contributed by atoms with van der Waals surface area (Å²) in [6.45, 7) is 4.81. The molecule has 0 aliphatic heterocycles. The zero-order valence-corrected chi connectivity index (χ0v) is 12.0. The smallest absolute Gasteiger partial charge is 0.276 e. The van der Waals surface area contributed by atoms with E-state index >= 15 is 0 Å². The molecule has 0 spiro atoms. The van der Waals surface area contributed by atoms with Crippen molar-refractivity contribution >= 4 is 5.52 Å². The number of benzene rings is 1. The second kappa shape index (κ2) is 5.16. The highest BCUT2D eigenvalue weighted by Crippen LogP contribution is 2.18. The highest BCUT2D eigenvalue weighted by molar-refractivity contribution is 5.65. The van der Waals surface area contributed by atoms with Crippen LogP contribution in [0.5, 0.6) is 0 Å². The third-order valence-electron chi connectivity index (χ3n) is 3.31. The maximum Gasteiger partial charge on any atom is 0.276 e. The lowest BCUT2D eigenvalue weighted by atomic mass is 10.1. The summed E-state index contributed by atoms with van der Waals surface area (Å²) in [5.74, 6) is 0.103. The van der Waals surface area contributed by atoms with E-state index in [9.17, 15) is 9.18 Å². The van der Waals surface area contributed by atoms with Crippen molar-refractivity contribution in [3.8, 4) is 11.3 Å². The molecule has 1 aromatic carbocycles. The van der Waals surface area contributed by atoms with E-state index in [1.165, 1.54) is 12.1 Å². The average Bonchev–Trinajstić information content (AvgIpc) is 2.87. The van der Waals surface area contributed by atoms with Crippen molar-refractivity contribution in [3.63, 3.8) is 0 Å². The van der Waals surface area contributed by atoms with E-state index in [-0.39, 0.29) is 11.4 Å². The fourth-order valence-corrected chi connectivity index (χ4v) is 2.33. The Morgan fingerprint density at radius 1 is 1.19 bits per heavy atom. The molecule has 0 amide bonds.